The van der Waals surface area contributed by atoms with Crippen molar-refractivity contribution in [2.24, 2.45) is 10.9 Å². The fourth-order valence-corrected chi connectivity index (χ4v) is 4.19. The number of oxime groups is 1. The van der Waals surface area contributed by atoms with Crippen LogP contribution in [0.2, 0.25) is 0 Å². The number of hydrogen-bond donors (Lipinski definition) is 2. The van der Waals surface area contributed by atoms with Crippen molar-refractivity contribution in [3.8, 4) is 0 Å². The molecule has 4 nitrogen and oxygen atoms in total. The minimum atomic E-state index is 0.135. The molecule has 100 valence electrons. The van der Waals surface area contributed by atoms with Crippen molar-refractivity contribution in [2.45, 2.75) is 21.1 Å². The maximum atomic E-state index is 8.96. The van der Waals surface area contributed by atoms with E-state index in [1.54, 1.807) is 29.3 Å². The van der Waals surface area contributed by atoms with Crippen LogP contribution in [0, 0.1) is 0 Å². The van der Waals surface area contributed by atoms with E-state index in [9.17, 15) is 0 Å². The van der Waals surface area contributed by atoms with Gasteiger partial charge in [0, 0.05) is 26.9 Å². The summed E-state index contributed by atoms with van der Waals surface area (Å²) in [6, 6.07) is 5.91. The van der Waals surface area contributed by atoms with Crippen LogP contribution in [-0.4, -0.2) is 21.8 Å². The molecule has 1 aromatic heterocycles. The second-order valence-corrected chi connectivity index (χ2v) is 6.94. The standard InChI is InChI=1S/C12H13N3OS3/c1-2-17-8-4-3-5-9(10(8)11(13)15-16)19-12-14-6-7-18-12/h3-7,16H,2H2,1H3,(H2,13,15). The smallest absolute Gasteiger partial charge is 0.172 e. The predicted molar refractivity (Wildman–Crippen MR) is 81.6 cm³/mol. The molecule has 0 saturated carbocycles. The molecule has 0 fully saturated rings. The summed E-state index contributed by atoms with van der Waals surface area (Å²) in [5.41, 5.74) is 6.59. The Balaban J connectivity index is 2.44. The van der Waals surface area contributed by atoms with Crippen LogP contribution in [0.3, 0.4) is 0 Å². The summed E-state index contributed by atoms with van der Waals surface area (Å²) in [6.45, 7) is 2.07. The number of nitrogens with zero attached hydrogens (tertiary/aromatic N) is 2. The molecule has 0 aliphatic heterocycles. The molecule has 2 aromatic rings. The van der Waals surface area contributed by atoms with Gasteiger partial charge in [0.1, 0.15) is 0 Å². The molecule has 0 unspecified atom stereocenters. The van der Waals surface area contributed by atoms with Gasteiger partial charge < -0.3 is 10.9 Å². The minimum absolute atomic E-state index is 0.135. The van der Waals surface area contributed by atoms with Gasteiger partial charge in [-0.3, -0.25) is 0 Å². The highest BCUT2D eigenvalue weighted by Crippen LogP contribution is 2.36. The second-order valence-electron chi connectivity index (χ2n) is 3.45. The van der Waals surface area contributed by atoms with Crippen molar-refractivity contribution in [3.63, 3.8) is 0 Å². The first-order valence-corrected chi connectivity index (χ1v) is 8.25. The minimum Gasteiger partial charge on any atom is -0.409 e. The highest BCUT2D eigenvalue weighted by Gasteiger charge is 2.14. The van der Waals surface area contributed by atoms with E-state index < -0.39 is 0 Å². The van der Waals surface area contributed by atoms with Crippen LogP contribution < -0.4 is 5.73 Å². The summed E-state index contributed by atoms with van der Waals surface area (Å²) < 4.78 is 0.936. The number of benzene rings is 1. The summed E-state index contributed by atoms with van der Waals surface area (Å²) >= 11 is 4.76. The molecule has 0 radical (unpaired) electrons. The zero-order chi connectivity index (χ0) is 13.7. The highest BCUT2D eigenvalue weighted by molar-refractivity contribution is 8.01. The molecule has 0 bridgehead atoms. The van der Waals surface area contributed by atoms with Gasteiger partial charge in [0.25, 0.3) is 0 Å². The van der Waals surface area contributed by atoms with Gasteiger partial charge in [0.05, 0.1) is 0 Å². The number of amidine groups is 1. The molecule has 1 aromatic carbocycles. The van der Waals surface area contributed by atoms with Crippen molar-refractivity contribution < 1.29 is 5.21 Å². The van der Waals surface area contributed by atoms with Crippen molar-refractivity contribution in [1.29, 1.82) is 0 Å². The molecule has 0 atom stereocenters. The van der Waals surface area contributed by atoms with Crippen LogP contribution in [0.5, 0.6) is 0 Å². The van der Waals surface area contributed by atoms with E-state index in [0.717, 1.165) is 25.4 Å². The van der Waals surface area contributed by atoms with Crippen molar-refractivity contribution in [1.82, 2.24) is 4.98 Å². The fraction of sp³-hybridized carbons (Fsp3) is 0.167. The number of thiazole rings is 1. The normalized spacial score (nSPS) is 11.7. The first kappa shape index (κ1) is 14.2. The first-order chi connectivity index (χ1) is 9.26. The van der Waals surface area contributed by atoms with Crippen molar-refractivity contribution >= 4 is 40.7 Å². The van der Waals surface area contributed by atoms with E-state index in [1.807, 2.05) is 23.6 Å². The predicted octanol–water partition coefficient (Wildman–Crippen LogP) is 3.50. The monoisotopic (exact) mass is 311 g/mol. The second kappa shape index (κ2) is 6.83. The zero-order valence-electron chi connectivity index (χ0n) is 10.2. The number of rotatable bonds is 5. The number of nitrogens with two attached hydrogens (primary N) is 1. The summed E-state index contributed by atoms with van der Waals surface area (Å²) in [6.07, 6.45) is 1.76. The molecule has 0 amide bonds. The van der Waals surface area contributed by atoms with Crippen LogP contribution in [0.25, 0.3) is 0 Å². The Kier molecular flexibility index (Phi) is 5.12. The number of aromatic nitrogens is 1. The molecular formula is C12H13N3OS3. The fourth-order valence-electron chi connectivity index (χ4n) is 1.53. The average Bonchev–Trinajstić information content (AvgIpc) is 2.91. The summed E-state index contributed by atoms with van der Waals surface area (Å²) in [5.74, 6) is 1.06. The maximum Gasteiger partial charge on any atom is 0.172 e. The average molecular weight is 311 g/mol. The third-order valence-electron chi connectivity index (χ3n) is 2.26. The van der Waals surface area contributed by atoms with E-state index in [2.05, 4.69) is 17.1 Å². The molecular weight excluding hydrogens is 298 g/mol. The molecule has 1 heterocycles. The Bertz CT molecular complexity index is 570. The topological polar surface area (TPSA) is 71.5 Å². The summed E-state index contributed by atoms with van der Waals surface area (Å²) in [7, 11) is 0. The van der Waals surface area contributed by atoms with Crippen LogP contribution in [-0.2, 0) is 0 Å². The Morgan fingerprint density at radius 3 is 2.89 bits per heavy atom. The largest absolute Gasteiger partial charge is 0.409 e. The van der Waals surface area contributed by atoms with Gasteiger partial charge in [0.15, 0.2) is 10.2 Å². The lowest BCUT2D eigenvalue weighted by Crippen LogP contribution is -2.15. The lowest BCUT2D eigenvalue weighted by molar-refractivity contribution is 0.318. The van der Waals surface area contributed by atoms with Gasteiger partial charge in [0.2, 0.25) is 0 Å². The molecule has 19 heavy (non-hydrogen) atoms. The van der Waals surface area contributed by atoms with Gasteiger partial charge in [-0.05, 0) is 17.9 Å². The van der Waals surface area contributed by atoms with E-state index >= 15 is 0 Å². The zero-order valence-corrected chi connectivity index (χ0v) is 12.7. The molecule has 0 saturated heterocycles. The molecule has 0 aliphatic rings. The van der Waals surface area contributed by atoms with E-state index in [0.29, 0.717) is 0 Å². The molecule has 3 N–H and O–H groups in total. The lowest BCUT2D eigenvalue weighted by atomic mass is 10.2. The molecule has 7 heteroatoms. The summed E-state index contributed by atoms with van der Waals surface area (Å²) in [4.78, 5) is 6.21. The van der Waals surface area contributed by atoms with Crippen molar-refractivity contribution in [2.75, 3.05) is 5.75 Å². The summed E-state index contributed by atoms with van der Waals surface area (Å²) in [5, 5.41) is 14.0. The third-order valence-corrected chi connectivity index (χ3v) is 5.14. The van der Waals surface area contributed by atoms with Crippen molar-refractivity contribution in [3.05, 3.63) is 35.3 Å². The van der Waals surface area contributed by atoms with Gasteiger partial charge >= 0.3 is 0 Å². The number of hydrogen-bond acceptors (Lipinski definition) is 6. The maximum absolute atomic E-state index is 8.96. The Morgan fingerprint density at radius 2 is 2.26 bits per heavy atom. The van der Waals surface area contributed by atoms with E-state index in [4.69, 9.17) is 10.9 Å². The lowest BCUT2D eigenvalue weighted by Gasteiger charge is -2.11. The van der Waals surface area contributed by atoms with Crippen LogP contribution in [0.15, 0.2) is 49.1 Å². The molecule has 2 rings (SSSR count). The first-order valence-electron chi connectivity index (χ1n) is 5.57. The van der Waals surface area contributed by atoms with Gasteiger partial charge in [-0.1, -0.05) is 29.9 Å². The van der Waals surface area contributed by atoms with Crippen LogP contribution in [0.1, 0.15) is 12.5 Å². The Hall–Kier alpha value is -1.18. The van der Waals surface area contributed by atoms with Gasteiger partial charge in [-0.25, -0.2) is 4.98 Å². The molecule has 0 aliphatic carbocycles. The number of thioether (sulfide) groups is 1. The Labute approximate surface area is 124 Å². The van der Waals surface area contributed by atoms with Crippen LogP contribution in [0.4, 0.5) is 0 Å². The molecule has 0 spiro atoms. The van der Waals surface area contributed by atoms with Crippen LogP contribution >= 0.6 is 34.9 Å². The third kappa shape index (κ3) is 3.43. The SMILES string of the molecule is CCSc1cccc(Sc2nccs2)c1/C(N)=N/O. The van der Waals surface area contributed by atoms with E-state index in [1.165, 1.54) is 11.8 Å². The van der Waals surface area contributed by atoms with Gasteiger partial charge in [-0.15, -0.1) is 23.1 Å². The Morgan fingerprint density at radius 1 is 1.47 bits per heavy atom. The van der Waals surface area contributed by atoms with Gasteiger partial charge in [-0.2, -0.15) is 0 Å². The quantitative estimate of drug-likeness (QED) is 0.291. The highest BCUT2D eigenvalue weighted by atomic mass is 32.2. The van der Waals surface area contributed by atoms with E-state index in [-0.39, 0.29) is 5.84 Å².